The van der Waals surface area contributed by atoms with Gasteiger partial charge in [0.15, 0.2) is 0 Å². The SMILES string of the molecule is Cc1ccc2ncc(Br)c(N3CCNCC3)c2c1. The number of aromatic nitrogens is 1. The Morgan fingerprint density at radius 2 is 2.06 bits per heavy atom. The summed E-state index contributed by atoms with van der Waals surface area (Å²) in [5.41, 5.74) is 3.63. The first-order chi connectivity index (χ1) is 8.75. The number of halogens is 1. The van der Waals surface area contributed by atoms with Crippen molar-refractivity contribution in [2.24, 2.45) is 0 Å². The van der Waals surface area contributed by atoms with E-state index in [1.54, 1.807) is 0 Å². The predicted octanol–water partition coefficient (Wildman–Crippen LogP) is 2.72. The van der Waals surface area contributed by atoms with Gasteiger partial charge in [0.25, 0.3) is 0 Å². The smallest absolute Gasteiger partial charge is 0.0723 e. The molecular weight excluding hydrogens is 290 g/mol. The minimum atomic E-state index is 1.04. The lowest BCUT2D eigenvalue weighted by molar-refractivity contribution is 0.589. The van der Waals surface area contributed by atoms with E-state index >= 15 is 0 Å². The van der Waals surface area contributed by atoms with E-state index in [0.29, 0.717) is 0 Å². The van der Waals surface area contributed by atoms with Crippen molar-refractivity contribution in [1.82, 2.24) is 10.3 Å². The van der Waals surface area contributed by atoms with Crippen LogP contribution in [0.1, 0.15) is 5.56 Å². The number of nitrogens with one attached hydrogen (secondary N) is 1. The molecule has 0 unspecified atom stereocenters. The van der Waals surface area contributed by atoms with Crippen molar-refractivity contribution < 1.29 is 0 Å². The van der Waals surface area contributed by atoms with Crippen LogP contribution in [0.5, 0.6) is 0 Å². The summed E-state index contributed by atoms with van der Waals surface area (Å²) in [6, 6.07) is 6.44. The molecule has 1 N–H and O–H groups in total. The van der Waals surface area contributed by atoms with Gasteiger partial charge in [0.05, 0.1) is 15.7 Å². The second kappa shape index (κ2) is 4.86. The highest BCUT2D eigenvalue weighted by Crippen LogP contribution is 2.33. The van der Waals surface area contributed by atoms with Crippen LogP contribution in [0.4, 0.5) is 5.69 Å². The van der Waals surface area contributed by atoms with Crippen molar-refractivity contribution in [2.75, 3.05) is 31.1 Å². The average molecular weight is 306 g/mol. The van der Waals surface area contributed by atoms with E-state index in [0.717, 1.165) is 36.2 Å². The number of piperazine rings is 1. The van der Waals surface area contributed by atoms with Crippen LogP contribution < -0.4 is 10.2 Å². The molecule has 0 atom stereocenters. The fraction of sp³-hybridized carbons (Fsp3) is 0.357. The van der Waals surface area contributed by atoms with Gasteiger partial charge in [0, 0.05) is 37.8 Å². The number of hydrogen-bond acceptors (Lipinski definition) is 3. The second-order valence-corrected chi connectivity index (χ2v) is 5.57. The van der Waals surface area contributed by atoms with Gasteiger partial charge in [0.2, 0.25) is 0 Å². The normalized spacial score (nSPS) is 16.2. The first-order valence-corrected chi connectivity index (χ1v) is 7.05. The topological polar surface area (TPSA) is 28.2 Å². The molecule has 0 saturated carbocycles. The fourth-order valence-corrected chi connectivity index (χ4v) is 3.04. The quantitative estimate of drug-likeness (QED) is 0.878. The van der Waals surface area contributed by atoms with Crippen molar-refractivity contribution >= 4 is 32.5 Å². The van der Waals surface area contributed by atoms with E-state index in [-0.39, 0.29) is 0 Å². The lowest BCUT2D eigenvalue weighted by Gasteiger charge is -2.31. The summed E-state index contributed by atoms with van der Waals surface area (Å²) in [6.45, 7) is 6.31. The summed E-state index contributed by atoms with van der Waals surface area (Å²) >= 11 is 3.65. The molecule has 3 nitrogen and oxygen atoms in total. The van der Waals surface area contributed by atoms with Crippen LogP contribution in [0.25, 0.3) is 10.9 Å². The molecule has 18 heavy (non-hydrogen) atoms. The first kappa shape index (κ1) is 11.9. The molecule has 1 aromatic carbocycles. The Labute approximate surface area is 115 Å². The van der Waals surface area contributed by atoms with Gasteiger partial charge in [-0.15, -0.1) is 0 Å². The average Bonchev–Trinajstić information content (AvgIpc) is 2.39. The summed E-state index contributed by atoms with van der Waals surface area (Å²) in [5.74, 6) is 0. The van der Waals surface area contributed by atoms with Gasteiger partial charge in [-0.1, -0.05) is 11.6 Å². The highest BCUT2D eigenvalue weighted by molar-refractivity contribution is 9.10. The van der Waals surface area contributed by atoms with Crippen molar-refractivity contribution in [3.8, 4) is 0 Å². The number of fused-ring (bicyclic) bond motifs is 1. The van der Waals surface area contributed by atoms with Crippen LogP contribution in [-0.2, 0) is 0 Å². The highest BCUT2D eigenvalue weighted by atomic mass is 79.9. The summed E-state index contributed by atoms with van der Waals surface area (Å²) in [4.78, 5) is 6.92. The Morgan fingerprint density at radius 1 is 1.28 bits per heavy atom. The van der Waals surface area contributed by atoms with Crippen LogP contribution in [0.2, 0.25) is 0 Å². The molecule has 94 valence electrons. The van der Waals surface area contributed by atoms with Crippen LogP contribution in [0.3, 0.4) is 0 Å². The van der Waals surface area contributed by atoms with Crippen LogP contribution >= 0.6 is 15.9 Å². The Bertz CT molecular complexity index is 571. The van der Waals surface area contributed by atoms with Gasteiger partial charge < -0.3 is 10.2 Å². The molecule has 1 saturated heterocycles. The molecule has 4 heteroatoms. The molecule has 0 radical (unpaired) electrons. The van der Waals surface area contributed by atoms with Gasteiger partial charge >= 0.3 is 0 Å². The Kier molecular flexibility index (Phi) is 3.22. The molecule has 2 aromatic rings. The molecule has 1 aromatic heterocycles. The van der Waals surface area contributed by atoms with E-state index in [1.165, 1.54) is 16.6 Å². The monoisotopic (exact) mass is 305 g/mol. The van der Waals surface area contributed by atoms with Crippen molar-refractivity contribution in [3.05, 3.63) is 34.4 Å². The molecule has 1 aliphatic rings. The lowest BCUT2D eigenvalue weighted by Crippen LogP contribution is -2.43. The molecule has 0 amide bonds. The van der Waals surface area contributed by atoms with Crippen molar-refractivity contribution in [1.29, 1.82) is 0 Å². The van der Waals surface area contributed by atoms with E-state index in [1.807, 2.05) is 6.20 Å². The van der Waals surface area contributed by atoms with E-state index in [4.69, 9.17) is 0 Å². The van der Waals surface area contributed by atoms with Gasteiger partial charge in [-0.2, -0.15) is 0 Å². The lowest BCUT2D eigenvalue weighted by atomic mass is 10.1. The van der Waals surface area contributed by atoms with Crippen LogP contribution in [0.15, 0.2) is 28.9 Å². The number of rotatable bonds is 1. The summed E-state index contributed by atoms with van der Waals surface area (Å²) < 4.78 is 1.09. The summed E-state index contributed by atoms with van der Waals surface area (Å²) in [5, 5.41) is 4.63. The second-order valence-electron chi connectivity index (χ2n) is 4.71. The molecule has 0 bridgehead atoms. The minimum absolute atomic E-state index is 1.04. The maximum atomic E-state index is 4.49. The highest BCUT2D eigenvalue weighted by Gasteiger charge is 2.16. The molecule has 1 aliphatic heterocycles. The van der Waals surface area contributed by atoms with Crippen LogP contribution in [-0.4, -0.2) is 31.2 Å². The maximum absolute atomic E-state index is 4.49. The third kappa shape index (κ3) is 2.10. The standard InChI is InChI=1S/C14H16BrN3/c1-10-2-3-13-11(8-10)14(12(15)9-17-13)18-6-4-16-5-7-18/h2-3,8-9,16H,4-7H2,1H3. The number of aryl methyl sites for hydroxylation is 1. The van der Waals surface area contributed by atoms with Gasteiger partial charge in [0.1, 0.15) is 0 Å². The van der Waals surface area contributed by atoms with E-state index < -0.39 is 0 Å². The zero-order valence-electron chi connectivity index (χ0n) is 10.4. The molecule has 3 rings (SSSR count). The number of pyridine rings is 1. The number of anilines is 1. The van der Waals surface area contributed by atoms with E-state index in [9.17, 15) is 0 Å². The van der Waals surface area contributed by atoms with Gasteiger partial charge in [-0.25, -0.2) is 0 Å². The minimum Gasteiger partial charge on any atom is -0.367 e. The Balaban J connectivity index is 2.18. The zero-order chi connectivity index (χ0) is 12.5. The maximum Gasteiger partial charge on any atom is 0.0723 e. The molecular formula is C14H16BrN3. The summed E-state index contributed by atoms with van der Waals surface area (Å²) in [7, 11) is 0. The van der Waals surface area contributed by atoms with Gasteiger partial charge in [-0.3, -0.25) is 4.98 Å². The number of hydrogen-bond donors (Lipinski definition) is 1. The Morgan fingerprint density at radius 3 is 2.83 bits per heavy atom. The molecule has 2 heterocycles. The fourth-order valence-electron chi connectivity index (χ4n) is 2.48. The van der Waals surface area contributed by atoms with E-state index in [2.05, 4.69) is 56.3 Å². The number of benzene rings is 1. The number of nitrogens with zero attached hydrogens (tertiary/aromatic N) is 2. The van der Waals surface area contributed by atoms with Gasteiger partial charge in [-0.05, 0) is 35.0 Å². The van der Waals surface area contributed by atoms with Crippen molar-refractivity contribution in [2.45, 2.75) is 6.92 Å². The third-order valence-corrected chi connectivity index (χ3v) is 3.96. The zero-order valence-corrected chi connectivity index (χ0v) is 12.0. The largest absolute Gasteiger partial charge is 0.367 e. The van der Waals surface area contributed by atoms with Crippen molar-refractivity contribution in [3.63, 3.8) is 0 Å². The first-order valence-electron chi connectivity index (χ1n) is 6.26. The molecule has 0 aliphatic carbocycles. The van der Waals surface area contributed by atoms with Crippen LogP contribution in [0, 0.1) is 6.92 Å². The Hall–Kier alpha value is -1.13. The summed E-state index contributed by atoms with van der Waals surface area (Å²) in [6.07, 6.45) is 1.91. The molecule has 0 spiro atoms. The third-order valence-electron chi connectivity index (χ3n) is 3.38. The molecule has 1 fully saturated rings. The predicted molar refractivity (Wildman–Crippen MR) is 79.3 cm³/mol.